The van der Waals surface area contributed by atoms with Crippen LogP contribution in [0.3, 0.4) is 0 Å². The highest BCUT2D eigenvalue weighted by Crippen LogP contribution is 2.32. The highest BCUT2D eigenvalue weighted by molar-refractivity contribution is 5.61. The van der Waals surface area contributed by atoms with E-state index in [4.69, 9.17) is 4.74 Å². The molecule has 0 saturated heterocycles. The molecule has 1 heterocycles. The SMILES string of the molecule is COc1ccc(N2CCc3ccccc3C2)c(C)c1C. The topological polar surface area (TPSA) is 12.5 Å². The van der Waals surface area contributed by atoms with Crippen LogP contribution in [-0.4, -0.2) is 13.7 Å². The summed E-state index contributed by atoms with van der Waals surface area (Å²) in [7, 11) is 1.73. The largest absolute Gasteiger partial charge is 0.496 e. The van der Waals surface area contributed by atoms with E-state index in [1.807, 2.05) is 0 Å². The van der Waals surface area contributed by atoms with Gasteiger partial charge in [-0.2, -0.15) is 0 Å². The first kappa shape index (κ1) is 13.0. The second-order valence-electron chi connectivity index (χ2n) is 5.48. The van der Waals surface area contributed by atoms with Gasteiger partial charge in [0, 0.05) is 18.8 Å². The van der Waals surface area contributed by atoms with Gasteiger partial charge < -0.3 is 9.64 Å². The Labute approximate surface area is 121 Å². The molecule has 0 radical (unpaired) electrons. The number of ether oxygens (including phenoxy) is 1. The highest BCUT2D eigenvalue weighted by atomic mass is 16.5. The van der Waals surface area contributed by atoms with Gasteiger partial charge in [-0.05, 0) is 54.7 Å². The number of methoxy groups -OCH3 is 1. The lowest BCUT2D eigenvalue weighted by Crippen LogP contribution is -2.30. The molecule has 2 aromatic rings. The maximum Gasteiger partial charge on any atom is 0.122 e. The third kappa shape index (κ3) is 2.15. The van der Waals surface area contributed by atoms with Gasteiger partial charge >= 0.3 is 0 Å². The Morgan fingerprint density at radius 1 is 0.950 bits per heavy atom. The average Bonchev–Trinajstić information content (AvgIpc) is 2.49. The van der Waals surface area contributed by atoms with Crippen molar-refractivity contribution in [3.63, 3.8) is 0 Å². The number of anilines is 1. The molecule has 0 atom stereocenters. The molecule has 1 aliphatic rings. The molecule has 104 valence electrons. The molecule has 0 aromatic heterocycles. The Hall–Kier alpha value is -1.96. The maximum atomic E-state index is 5.41. The molecule has 2 aromatic carbocycles. The second kappa shape index (κ2) is 5.20. The highest BCUT2D eigenvalue weighted by Gasteiger charge is 2.18. The minimum Gasteiger partial charge on any atom is -0.496 e. The molecule has 0 unspecified atom stereocenters. The van der Waals surface area contributed by atoms with Gasteiger partial charge in [0.05, 0.1) is 7.11 Å². The van der Waals surface area contributed by atoms with E-state index in [2.05, 4.69) is 55.1 Å². The molecule has 20 heavy (non-hydrogen) atoms. The van der Waals surface area contributed by atoms with Crippen LogP contribution in [0.15, 0.2) is 36.4 Å². The number of hydrogen-bond acceptors (Lipinski definition) is 2. The Kier molecular flexibility index (Phi) is 3.39. The summed E-state index contributed by atoms with van der Waals surface area (Å²) in [4.78, 5) is 2.48. The van der Waals surface area contributed by atoms with Crippen molar-refractivity contribution in [1.29, 1.82) is 0 Å². The van der Waals surface area contributed by atoms with Gasteiger partial charge in [0.15, 0.2) is 0 Å². The van der Waals surface area contributed by atoms with Gasteiger partial charge in [0.1, 0.15) is 5.75 Å². The predicted molar refractivity (Wildman–Crippen MR) is 83.7 cm³/mol. The van der Waals surface area contributed by atoms with Gasteiger partial charge in [-0.3, -0.25) is 0 Å². The lowest BCUT2D eigenvalue weighted by atomic mass is 9.98. The predicted octanol–water partition coefficient (Wildman–Crippen LogP) is 3.87. The van der Waals surface area contributed by atoms with E-state index >= 15 is 0 Å². The Balaban J connectivity index is 1.94. The number of rotatable bonds is 2. The lowest BCUT2D eigenvalue weighted by molar-refractivity contribution is 0.411. The maximum absolute atomic E-state index is 5.41. The molecule has 0 saturated carbocycles. The molecule has 2 heteroatoms. The number of fused-ring (bicyclic) bond motifs is 1. The zero-order chi connectivity index (χ0) is 14.1. The smallest absolute Gasteiger partial charge is 0.122 e. The molecule has 0 aliphatic carbocycles. The van der Waals surface area contributed by atoms with Crippen LogP contribution < -0.4 is 9.64 Å². The molecule has 0 amide bonds. The van der Waals surface area contributed by atoms with Crippen LogP contribution in [-0.2, 0) is 13.0 Å². The third-order valence-electron chi connectivity index (χ3n) is 4.40. The van der Waals surface area contributed by atoms with Crippen molar-refractivity contribution in [2.75, 3.05) is 18.6 Å². The quantitative estimate of drug-likeness (QED) is 0.819. The Morgan fingerprint density at radius 2 is 1.70 bits per heavy atom. The Bertz CT molecular complexity index is 633. The molecule has 0 fully saturated rings. The van der Waals surface area contributed by atoms with Crippen LogP contribution in [0.25, 0.3) is 0 Å². The van der Waals surface area contributed by atoms with Crippen LogP contribution in [0.1, 0.15) is 22.3 Å². The van der Waals surface area contributed by atoms with E-state index in [1.54, 1.807) is 7.11 Å². The third-order valence-corrected chi connectivity index (χ3v) is 4.40. The standard InChI is InChI=1S/C18H21NO/c1-13-14(2)18(20-3)9-8-17(13)19-11-10-15-6-4-5-7-16(15)12-19/h4-9H,10-12H2,1-3H3. The second-order valence-corrected chi connectivity index (χ2v) is 5.48. The fraction of sp³-hybridized carbons (Fsp3) is 0.333. The van der Waals surface area contributed by atoms with Crippen LogP contribution >= 0.6 is 0 Å². The fourth-order valence-corrected chi connectivity index (χ4v) is 3.05. The normalized spacial score (nSPS) is 14.1. The minimum absolute atomic E-state index is 0.976. The first-order valence-electron chi connectivity index (χ1n) is 7.16. The van der Waals surface area contributed by atoms with E-state index in [9.17, 15) is 0 Å². The van der Waals surface area contributed by atoms with Gasteiger partial charge in [-0.1, -0.05) is 24.3 Å². The first-order chi connectivity index (χ1) is 9.70. The van der Waals surface area contributed by atoms with E-state index in [1.165, 1.54) is 27.9 Å². The Morgan fingerprint density at radius 3 is 2.45 bits per heavy atom. The van der Waals surface area contributed by atoms with Crippen molar-refractivity contribution in [3.05, 3.63) is 58.7 Å². The summed E-state index contributed by atoms with van der Waals surface area (Å²) < 4.78 is 5.41. The fourth-order valence-electron chi connectivity index (χ4n) is 3.05. The van der Waals surface area contributed by atoms with Crippen LogP contribution in [0, 0.1) is 13.8 Å². The van der Waals surface area contributed by atoms with Crippen LogP contribution in [0.5, 0.6) is 5.75 Å². The number of nitrogens with zero attached hydrogens (tertiary/aromatic N) is 1. The average molecular weight is 267 g/mol. The molecule has 0 spiro atoms. The van der Waals surface area contributed by atoms with Crippen LogP contribution in [0.2, 0.25) is 0 Å². The zero-order valence-electron chi connectivity index (χ0n) is 12.4. The number of hydrogen-bond donors (Lipinski definition) is 0. The molecule has 0 N–H and O–H groups in total. The van der Waals surface area contributed by atoms with Gasteiger partial charge in [-0.25, -0.2) is 0 Å². The molecular formula is C18H21NO. The van der Waals surface area contributed by atoms with Crippen molar-refractivity contribution in [2.24, 2.45) is 0 Å². The van der Waals surface area contributed by atoms with Crippen molar-refractivity contribution in [3.8, 4) is 5.75 Å². The van der Waals surface area contributed by atoms with E-state index in [-0.39, 0.29) is 0 Å². The van der Waals surface area contributed by atoms with E-state index in [0.29, 0.717) is 0 Å². The van der Waals surface area contributed by atoms with Gasteiger partial charge in [0.2, 0.25) is 0 Å². The van der Waals surface area contributed by atoms with E-state index < -0.39 is 0 Å². The van der Waals surface area contributed by atoms with Crippen molar-refractivity contribution in [1.82, 2.24) is 0 Å². The minimum atomic E-state index is 0.976. The monoisotopic (exact) mass is 267 g/mol. The van der Waals surface area contributed by atoms with Gasteiger partial charge in [0.25, 0.3) is 0 Å². The van der Waals surface area contributed by atoms with E-state index in [0.717, 1.165) is 25.3 Å². The molecular weight excluding hydrogens is 246 g/mol. The zero-order valence-corrected chi connectivity index (χ0v) is 12.4. The van der Waals surface area contributed by atoms with Gasteiger partial charge in [-0.15, -0.1) is 0 Å². The van der Waals surface area contributed by atoms with Crippen molar-refractivity contribution < 1.29 is 4.74 Å². The molecule has 1 aliphatic heterocycles. The summed E-state index contributed by atoms with van der Waals surface area (Å²) in [5, 5.41) is 0. The molecule has 3 rings (SSSR count). The molecule has 0 bridgehead atoms. The summed E-state index contributed by atoms with van der Waals surface area (Å²) in [6, 6.07) is 13.0. The van der Waals surface area contributed by atoms with Crippen LogP contribution in [0.4, 0.5) is 5.69 Å². The number of benzene rings is 2. The first-order valence-corrected chi connectivity index (χ1v) is 7.16. The lowest BCUT2D eigenvalue weighted by Gasteiger charge is -2.32. The molecule has 2 nitrogen and oxygen atoms in total. The summed E-state index contributed by atoms with van der Waals surface area (Å²) in [6.45, 7) is 6.41. The van der Waals surface area contributed by atoms with Crippen molar-refractivity contribution in [2.45, 2.75) is 26.8 Å². The summed E-state index contributed by atoms with van der Waals surface area (Å²) >= 11 is 0. The van der Waals surface area contributed by atoms with Crippen molar-refractivity contribution >= 4 is 5.69 Å². The summed E-state index contributed by atoms with van der Waals surface area (Å²) in [5.41, 5.74) is 6.84. The summed E-state index contributed by atoms with van der Waals surface area (Å²) in [6.07, 6.45) is 1.13. The summed E-state index contributed by atoms with van der Waals surface area (Å²) in [5.74, 6) is 0.976.